The van der Waals surface area contributed by atoms with Gasteiger partial charge in [-0.25, -0.2) is 8.78 Å². The van der Waals surface area contributed by atoms with Crippen LogP contribution in [0.2, 0.25) is 0 Å². The summed E-state index contributed by atoms with van der Waals surface area (Å²) in [6, 6.07) is 0. The Balaban J connectivity index is 2.96. The van der Waals surface area contributed by atoms with Crippen LogP contribution in [-0.2, 0) is 4.18 Å². The van der Waals surface area contributed by atoms with E-state index in [2.05, 4.69) is 0 Å². The summed E-state index contributed by atoms with van der Waals surface area (Å²) in [6.07, 6.45) is 3.02. The molecule has 0 aromatic heterocycles. The van der Waals surface area contributed by atoms with E-state index in [0.29, 0.717) is 0 Å². The van der Waals surface area contributed by atoms with Gasteiger partial charge in [0.15, 0.2) is 0 Å². The van der Waals surface area contributed by atoms with Crippen molar-refractivity contribution >= 4 is 10.3 Å². The molecule has 0 spiro atoms. The average molecular weight is 284 g/mol. The Labute approximate surface area is 111 Å². The Hall–Kier alpha value is 0.130. The molecule has 1 rings (SSSR count). The molecule has 1 saturated carbocycles. The van der Waals surface area contributed by atoms with Gasteiger partial charge in [-0.3, -0.25) is 0 Å². The Morgan fingerprint density at radius 2 is 1.72 bits per heavy atom. The maximum Gasteiger partial charge on any atom is 0.277 e. The van der Waals surface area contributed by atoms with Crippen LogP contribution in [0, 0.1) is 0 Å². The van der Waals surface area contributed by atoms with E-state index in [0.717, 1.165) is 0 Å². The minimum absolute atomic E-state index is 0.0420. The molecule has 110 valence electrons. The molecular formula is C13H26F2O2S. The van der Waals surface area contributed by atoms with Crippen molar-refractivity contribution in [2.24, 2.45) is 0 Å². The summed E-state index contributed by atoms with van der Waals surface area (Å²) in [7, 11) is -1.62. The molecule has 0 saturated heterocycles. The second-order valence-electron chi connectivity index (χ2n) is 6.54. The maximum atomic E-state index is 14.1. The van der Waals surface area contributed by atoms with Crippen LogP contribution in [0.25, 0.3) is 0 Å². The minimum Gasteiger partial charge on any atom is -0.393 e. The molecule has 1 aliphatic rings. The first-order valence-corrected chi connectivity index (χ1v) is 8.74. The normalized spacial score (nSPS) is 31.1. The molecule has 0 heterocycles. The summed E-state index contributed by atoms with van der Waals surface area (Å²) in [5.74, 6) is -2.87. The zero-order valence-electron chi connectivity index (χ0n) is 12.2. The third kappa shape index (κ3) is 2.68. The van der Waals surface area contributed by atoms with E-state index < -0.39 is 27.9 Å². The second kappa shape index (κ2) is 4.60. The van der Waals surface area contributed by atoms with Crippen molar-refractivity contribution in [1.29, 1.82) is 0 Å². The lowest BCUT2D eigenvalue weighted by molar-refractivity contribution is -0.230. The molecular weight excluding hydrogens is 258 g/mol. The number of aliphatic hydroxyl groups is 1. The predicted octanol–water partition coefficient (Wildman–Crippen LogP) is 3.72. The van der Waals surface area contributed by atoms with Gasteiger partial charge in [0, 0.05) is 24.0 Å². The zero-order valence-corrected chi connectivity index (χ0v) is 13.0. The van der Waals surface area contributed by atoms with Gasteiger partial charge in [0.25, 0.3) is 5.92 Å². The van der Waals surface area contributed by atoms with E-state index in [-0.39, 0.29) is 24.0 Å². The van der Waals surface area contributed by atoms with E-state index >= 15 is 0 Å². The largest absolute Gasteiger partial charge is 0.393 e. The van der Waals surface area contributed by atoms with Crippen LogP contribution in [0.4, 0.5) is 8.78 Å². The molecule has 0 radical (unpaired) electrons. The first-order valence-electron chi connectivity index (χ1n) is 6.36. The van der Waals surface area contributed by atoms with Gasteiger partial charge in [-0.1, -0.05) is 27.7 Å². The molecule has 0 amide bonds. The number of hydrogen-bond donors (Lipinski definition) is 1. The highest BCUT2D eigenvalue weighted by molar-refractivity contribution is 8.29. The van der Waals surface area contributed by atoms with Crippen molar-refractivity contribution in [3.63, 3.8) is 0 Å². The van der Waals surface area contributed by atoms with Crippen molar-refractivity contribution in [3.8, 4) is 0 Å². The molecule has 1 aliphatic carbocycles. The predicted molar refractivity (Wildman–Crippen MR) is 73.5 cm³/mol. The van der Waals surface area contributed by atoms with Gasteiger partial charge in [-0.2, -0.15) is 0 Å². The Bertz CT molecular complexity index is 305. The molecule has 18 heavy (non-hydrogen) atoms. The standard InChI is InChI=1S/C13H26F2O2S/c1-7-13(14,15)12(8-10(16)9-12)17-18(5,6)11(2,3)4/h10,16H,7-9H2,1-6H3. The van der Waals surface area contributed by atoms with Gasteiger partial charge >= 0.3 is 0 Å². The van der Waals surface area contributed by atoms with Gasteiger partial charge in [0.1, 0.15) is 5.60 Å². The maximum absolute atomic E-state index is 14.1. The van der Waals surface area contributed by atoms with Crippen LogP contribution >= 0.6 is 10.3 Å². The Morgan fingerprint density at radius 3 is 2.00 bits per heavy atom. The van der Waals surface area contributed by atoms with Gasteiger partial charge in [-0.15, -0.1) is 10.3 Å². The third-order valence-electron chi connectivity index (χ3n) is 4.08. The number of halogens is 2. The molecule has 5 heteroatoms. The SMILES string of the molecule is CCC(F)(F)C1(OS(C)(C)C(C)(C)C)CC(O)C1. The van der Waals surface area contributed by atoms with E-state index in [1.165, 1.54) is 6.92 Å². The average Bonchev–Trinajstić information content (AvgIpc) is 2.12. The number of alkyl halides is 2. The zero-order chi connectivity index (χ0) is 14.4. The lowest BCUT2D eigenvalue weighted by Crippen LogP contribution is -2.61. The summed E-state index contributed by atoms with van der Waals surface area (Å²) >= 11 is 0. The molecule has 0 bridgehead atoms. The van der Waals surface area contributed by atoms with E-state index in [1.54, 1.807) is 0 Å². The fourth-order valence-corrected chi connectivity index (χ4v) is 3.28. The summed E-state index contributed by atoms with van der Waals surface area (Å²) in [6.45, 7) is 7.49. The smallest absolute Gasteiger partial charge is 0.277 e. The molecule has 0 aliphatic heterocycles. The van der Waals surface area contributed by atoms with Crippen LogP contribution in [-0.4, -0.2) is 40.0 Å². The number of aliphatic hydroxyl groups excluding tert-OH is 1. The van der Waals surface area contributed by atoms with E-state index in [1.807, 2.05) is 33.3 Å². The topological polar surface area (TPSA) is 29.5 Å². The first-order chi connectivity index (χ1) is 7.87. The molecule has 1 N–H and O–H groups in total. The Morgan fingerprint density at radius 1 is 1.28 bits per heavy atom. The van der Waals surface area contributed by atoms with Gasteiger partial charge < -0.3 is 9.29 Å². The molecule has 2 nitrogen and oxygen atoms in total. The van der Waals surface area contributed by atoms with Crippen molar-refractivity contribution in [2.75, 3.05) is 12.5 Å². The summed E-state index contributed by atoms with van der Waals surface area (Å²) < 4.78 is 34.0. The van der Waals surface area contributed by atoms with Crippen LogP contribution in [0.1, 0.15) is 47.0 Å². The number of rotatable bonds is 4. The number of hydrogen-bond acceptors (Lipinski definition) is 2. The highest BCUT2D eigenvalue weighted by Gasteiger charge is 2.63. The second-order valence-corrected chi connectivity index (χ2v) is 10.4. The quantitative estimate of drug-likeness (QED) is 0.852. The Kier molecular flexibility index (Phi) is 4.14. The summed E-state index contributed by atoms with van der Waals surface area (Å²) in [5.41, 5.74) is -1.46. The van der Waals surface area contributed by atoms with E-state index in [9.17, 15) is 13.9 Å². The van der Waals surface area contributed by atoms with Crippen LogP contribution < -0.4 is 0 Å². The lowest BCUT2D eigenvalue weighted by atomic mass is 9.72. The molecule has 0 aromatic carbocycles. The molecule has 0 atom stereocenters. The highest BCUT2D eigenvalue weighted by atomic mass is 32.3. The van der Waals surface area contributed by atoms with Gasteiger partial charge in [0.05, 0.1) is 6.10 Å². The van der Waals surface area contributed by atoms with Crippen LogP contribution in [0.3, 0.4) is 0 Å². The van der Waals surface area contributed by atoms with E-state index in [4.69, 9.17) is 4.18 Å². The first kappa shape index (κ1) is 16.2. The van der Waals surface area contributed by atoms with Gasteiger partial charge in [0.2, 0.25) is 0 Å². The van der Waals surface area contributed by atoms with Crippen molar-refractivity contribution < 1.29 is 18.1 Å². The monoisotopic (exact) mass is 284 g/mol. The minimum atomic E-state index is -2.87. The molecule has 0 unspecified atom stereocenters. The third-order valence-corrected chi connectivity index (χ3v) is 7.77. The fraction of sp³-hybridized carbons (Fsp3) is 1.00. The van der Waals surface area contributed by atoms with Crippen molar-refractivity contribution in [2.45, 2.75) is 69.3 Å². The molecule has 1 fully saturated rings. The summed E-state index contributed by atoms with van der Waals surface area (Å²) in [4.78, 5) is 0. The van der Waals surface area contributed by atoms with Crippen LogP contribution in [0.5, 0.6) is 0 Å². The fourth-order valence-electron chi connectivity index (χ4n) is 1.98. The van der Waals surface area contributed by atoms with Crippen molar-refractivity contribution in [3.05, 3.63) is 0 Å². The highest BCUT2D eigenvalue weighted by Crippen LogP contribution is 2.62. The summed E-state index contributed by atoms with van der Waals surface area (Å²) in [5, 5.41) is 9.44. The van der Waals surface area contributed by atoms with Crippen molar-refractivity contribution in [1.82, 2.24) is 0 Å². The van der Waals surface area contributed by atoms with Gasteiger partial charge in [-0.05, 0) is 12.5 Å². The van der Waals surface area contributed by atoms with Crippen LogP contribution in [0.15, 0.2) is 0 Å². The lowest BCUT2D eigenvalue weighted by Gasteiger charge is -2.57. The molecule has 0 aromatic rings.